The van der Waals surface area contributed by atoms with E-state index < -0.39 is 5.97 Å². The molecule has 1 N–H and O–H groups in total. The summed E-state index contributed by atoms with van der Waals surface area (Å²) in [5.41, 5.74) is 2.07. The van der Waals surface area contributed by atoms with E-state index in [1.807, 2.05) is 0 Å². The normalized spacial score (nSPS) is 11.1. The molecular formula is C21H36O3. The molecule has 1 aromatic heterocycles. The minimum Gasteiger partial charge on any atom is -0.475 e. The van der Waals surface area contributed by atoms with Gasteiger partial charge in [0, 0.05) is 5.56 Å². The number of aryl methyl sites for hydroxylation is 1. The van der Waals surface area contributed by atoms with E-state index in [1.54, 1.807) is 6.26 Å². The largest absolute Gasteiger partial charge is 0.475 e. The van der Waals surface area contributed by atoms with Crippen molar-refractivity contribution in [1.29, 1.82) is 0 Å². The molecule has 0 amide bonds. The molecule has 0 bridgehead atoms. The molecule has 0 atom stereocenters. The summed E-state index contributed by atoms with van der Waals surface area (Å²) >= 11 is 0. The summed E-state index contributed by atoms with van der Waals surface area (Å²) < 4.78 is 5.35. The molecule has 3 heteroatoms. The maximum absolute atomic E-state index is 11.4. The molecule has 138 valence electrons. The summed E-state index contributed by atoms with van der Waals surface area (Å²) in [6, 6.07) is 0. The van der Waals surface area contributed by atoms with Gasteiger partial charge in [0.05, 0.1) is 6.26 Å². The van der Waals surface area contributed by atoms with Gasteiger partial charge in [-0.15, -0.1) is 0 Å². The highest BCUT2D eigenvalue weighted by Crippen LogP contribution is 2.23. The van der Waals surface area contributed by atoms with E-state index in [0.29, 0.717) is 0 Å². The zero-order valence-corrected chi connectivity index (χ0v) is 15.7. The number of carbonyl (C=O) groups is 1. The van der Waals surface area contributed by atoms with Crippen molar-refractivity contribution in [2.24, 2.45) is 0 Å². The van der Waals surface area contributed by atoms with Crippen molar-refractivity contribution in [3.05, 3.63) is 23.2 Å². The monoisotopic (exact) mass is 336 g/mol. The Labute approximate surface area is 147 Å². The number of rotatable bonds is 15. The van der Waals surface area contributed by atoms with E-state index in [-0.39, 0.29) is 5.76 Å². The third kappa shape index (κ3) is 8.03. The molecule has 0 radical (unpaired) electrons. The second-order valence-corrected chi connectivity index (χ2v) is 6.91. The lowest BCUT2D eigenvalue weighted by Crippen LogP contribution is -2.01. The number of furan rings is 1. The van der Waals surface area contributed by atoms with Crippen LogP contribution in [0, 0.1) is 0 Å². The first-order valence-electron chi connectivity index (χ1n) is 10.0. The van der Waals surface area contributed by atoms with Gasteiger partial charge in [-0.1, -0.05) is 78.1 Å². The summed E-state index contributed by atoms with van der Waals surface area (Å²) in [6.45, 7) is 4.45. The summed E-state index contributed by atoms with van der Waals surface area (Å²) in [4.78, 5) is 11.4. The fourth-order valence-corrected chi connectivity index (χ4v) is 3.26. The predicted molar refractivity (Wildman–Crippen MR) is 99.8 cm³/mol. The van der Waals surface area contributed by atoms with E-state index >= 15 is 0 Å². The van der Waals surface area contributed by atoms with Gasteiger partial charge in [-0.25, -0.2) is 4.79 Å². The van der Waals surface area contributed by atoms with Gasteiger partial charge in [0.1, 0.15) is 0 Å². The standard InChI is InChI=1S/C21H36O3/c1-3-5-7-9-11-13-15-18-17-24-20(21(22)23)19(18)16-14-12-10-8-6-4-2/h17H,3-16H2,1-2H3,(H,22,23). The van der Waals surface area contributed by atoms with Crippen LogP contribution in [0.15, 0.2) is 10.7 Å². The number of aromatic carboxylic acids is 1. The Morgan fingerprint density at radius 2 is 1.33 bits per heavy atom. The summed E-state index contributed by atoms with van der Waals surface area (Å²) in [7, 11) is 0. The van der Waals surface area contributed by atoms with Crippen LogP contribution in [0.4, 0.5) is 0 Å². The van der Waals surface area contributed by atoms with Crippen molar-refractivity contribution in [2.75, 3.05) is 0 Å². The second kappa shape index (κ2) is 13.1. The maximum Gasteiger partial charge on any atom is 0.372 e. The van der Waals surface area contributed by atoms with Gasteiger partial charge in [0.2, 0.25) is 5.76 Å². The SMILES string of the molecule is CCCCCCCCc1coc(C(=O)O)c1CCCCCCCC. The van der Waals surface area contributed by atoms with E-state index in [2.05, 4.69) is 13.8 Å². The van der Waals surface area contributed by atoms with Crippen LogP contribution in [0.3, 0.4) is 0 Å². The van der Waals surface area contributed by atoms with Gasteiger partial charge in [-0.2, -0.15) is 0 Å². The molecule has 0 aromatic carbocycles. The number of unbranched alkanes of at least 4 members (excludes halogenated alkanes) is 10. The third-order valence-electron chi connectivity index (χ3n) is 4.75. The maximum atomic E-state index is 11.4. The van der Waals surface area contributed by atoms with E-state index in [9.17, 15) is 9.90 Å². The number of carboxylic acids is 1. The lowest BCUT2D eigenvalue weighted by Gasteiger charge is -2.05. The summed E-state index contributed by atoms with van der Waals surface area (Å²) in [5.74, 6) is -0.755. The minimum atomic E-state index is -0.926. The van der Waals surface area contributed by atoms with Gasteiger partial charge in [-0.3, -0.25) is 0 Å². The molecule has 3 nitrogen and oxygen atoms in total. The van der Waals surface area contributed by atoms with Crippen molar-refractivity contribution in [3.63, 3.8) is 0 Å². The van der Waals surface area contributed by atoms with Crippen molar-refractivity contribution >= 4 is 5.97 Å². The Morgan fingerprint density at radius 3 is 1.88 bits per heavy atom. The smallest absolute Gasteiger partial charge is 0.372 e. The third-order valence-corrected chi connectivity index (χ3v) is 4.75. The highest BCUT2D eigenvalue weighted by atomic mass is 16.4. The fourth-order valence-electron chi connectivity index (χ4n) is 3.26. The van der Waals surface area contributed by atoms with Crippen molar-refractivity contribution < 1.29 is 14.3 Å². The van der Waals surface area contributed by atoms with Crippen molar-refractivity contribution in [3.8, 4) is 0 Å². The van der Waals surface area contributed by atoms with E-state index in [4.69, 9.17) is 4.42 Å². The molecule has 0 saturated carbocycles. The molecule has 0 aliphatic rings. The molecule has 0 aliphatic heterocycles. The summed E-state index contributed by atoms with van der Waals surface area (Å²) in [6.07, 6.45) is 18.4. The second-order valence-electron chi connectivity index (χ2n) is 6.91. The number of carboxylic acid groups (broad SMARTS) is 1. The molecule has 0 spiro atoms. The van der Waals surface area contributed by atoms with Gasteiger partial charge in [-0.05, 0) is 31.2 Å². The molecule has 0 fully saturated rings. The Morgan fingerprint density at radius 1 is 0.833 bits per heavy atom. The highest BCUT2D eigenvalue weighted by Gasteiger charge is 2.18. The molecule has 1 aromatic rings. The quantitative estimate of drug-likeness (QED) is 0.359. The average molecular weight is 337 g/mol. The van der Waals surface area contributed by atoms with Crippen LogP contribution in [0.5, 0.6) is 0 Å². The molecule has 0 unspecified atom stereocenters. The molecule has 0 aliphatic carbocycles. The van der Waals surface area contributed by atoms with Crippen molar-refractivity contribution in [1.82, 2.24) is 0 Å². The lowest BCUT2D eigenvalue weighted by molar-refractivity contribution is 0.0660. The molecule has 1 heterocycles. The first kappa shape index (κ1) is 20.8. The van der Waals surface area contributed by atoms with Gasteiger partial charge < -0.3 is 9.52 Å². The Balaban J connectivity index is 2.42. The predicted octanol–water partition coefficient (Wildman–Crippen LogP) is 6.78. The first-order valence-corrected chi connectivity index (χ1v) is 10.0. The average Bonchev–Trinajstić information content (AvgIpc) is 2.97. The first-order chi connectivity index (χ1) is 11.7. The van der Waals surface area contributed by atoms with E-state index in [1.165, 1.54) is 64.2 Å². The van der Waals surface area contributed by atoms with Gasteiger partial charge in [0.15, 0.2) is 0 Å². The van der Waals surface area contributed by atoms with Crippen LogP contribution >= 0.6 is 0 Å². The van der Waals surface area contributed by atoms with Crippen molar-refractivity contribution in [2.45, 2.75) is 104 Å². The number of hydrogen-bond acceptors (Lipinski definition) is 2. The molecule has 24 heavy (non-hydrogen) atoms. The zero-order chi connectivity index (χ0) is 17.6. The topological polar surface area (TPSA) is 50.4 Å². The van der Waals surface area contributed by atoms with Gasteiger partial charge in [0.25, 0.3) is 0 Å². The van der Waals surface area contributed by atoms with Crippen LogP contribution in [0.2, 0.25) is 0 Å². The summed E-state index contributed by atoms with van der Waals surface area (Å²) in [5, 5.41) is 9.33. The Bertz CT molecular complexity index is 448. The van der Waals surface area contributed by atoms with Crippen LogP contribution in [0.1, 0.15) is 113 Å². The Hall–Kier alpha value is -1.25. The number of hydrogen-bond donors (Lipinski definition) is 1. The molecular weight excluding hydrogens is 300 g/mol. The zero-order valence-electron chi connectivity index (χ0n) is 15.7. The van der Waals surface area contributed by atoms with Crippen LogP contribution in [0.25, 0.3) is 0 Å². The molecule has 1 rings (SSSR count). The minimum absolute atomic E-state index is 0.171. The van der Waals surface area contributed by atoms with Gasteiger partial charge >= 0.3 is 5.97 Å². The van der Waals surface area contributed by atoms with Crippen LogP contribution < -0.4 is 0 Å². The molecule has 0 saturated heterocycles. The highest BCUT2D eigenvalue weighted by molar-refractivity contribution is 5.86. The lowest BCUT2D eigenvalue weighted by atomic mass is 9.98. The Kier molecular flexibility index (Phi) is 11.3. The van der Waals surface area contributed by atoms with Crippen LogP contribution in [-0.4, -0.2) is 11.1 Å². The fraction of sp³-hybridized carbons (Fsp3) is 0.762. The van der Waals surface area contributed by atoms with E-state index in [0.717, 1.165) is 36.8 Å². The van der Waals surface area contributed by atoms with Crippen LogP contribution in [-0.2, 0) is 12.8 Å².